The van der Waals surface area contributed by atoms with Gasteiger partial charge in [0.25, 0.3) is 0 Å². The molecule has 1 unspecified atom stereocenters. The third kappa shape index (κ3) is 5.81. The van der Waals surface area contributed by atoms with Crippen LogP contribution in [0.25, 0.3) is 0 Å². The molecule has 0 aliphatic carbocycles. The summed E-state index contributed by atoms with van der Waals surface area (Å²) in [5, 5.41) is 0. The molecular weight excluding hydrogens is 118 g/mol. The number of hydrogen-bond donors (Lipinski definition) is 1. The Balaban J connectivity index is 3.39. The molecule has 0 amide bonds. The van der Waals surface area contributed by atoms with Crippen molar-refractivity contribution in [3.05, 3.63) is 0 Å². The molecule has 0 rings (SSSR count). The number of nitrogens with two attached hydrogens (primary N) is 1. The first-order valence-corrected chi connectivity index (χ1v) is 2.38. The van der Waals surface area contributed by atoms with Crippen molar-refractivity contribution >= 4 is 6.98 Å². The zero-order chi connectivity index (χ0) is 6.78. The van der Waals surface area contributed by atoms with Crippen molar-refractivity contribution in [3.63, 3.8) is 0 Å². The Kier molecular flexibility index (Phi) is 2.34. The highest BCUT2D eigenvalue weighted by Crippen LogP contribution is 2.15. The van der Waals surface area contributed by atoms with E-state index in [1.807, 2.05) is 0 Å². The van der Waals surface area contributed by atoms with E-state index in [-0.39, 0.29) is 0 Å². The third-order valence-electron chi connectivity index (χ3n) is 0.639. The molecule has 0 aromatic carbocycles. The van der Waals surface area contributed by atoms with Crippen molar-refractivity contribution < 1.29 is 12.9 Å². The van der Waals surface area contributed by atoms with Crippen LogP contribution in [0.3, 0.4) is 0 Å². The lowest BCUT2D eigenvalue weighted by atomic mass is 9.83. The zero-order valence-electron chi connectivity index (χ0n) is 4.57. The second kappa shape index (κ2) is 2.39. The van der Waals surface area contributed by atoms with Gasteiger partial charge in [0.2, 0.25) is 0 Å². The first-order valence-electron chi connectivity index (χ1n) is 2.38. The van der Waals surface area contributed by atoms with Gasteiger partial charge in [-0.3, -0.25) is 0 Å². The molecule has 0 aliphatic rings. The maximum absolute atomic E-state index is 11.3. The van der Waals surface area contributed by atoms with Crippen LogP contribution in [0.15, 0.2) is 0 Å². The van der Waals surface area contributed by atoms with Crippen LogP contribution in [0.1, 0.15) is 6.92 Å². The summed E-state index contributed by atoms with van der Waals surface area (Å²) in [6, 6.07) is -0.755. The molecule has 1 nitrogen and oxygen atoms in total. The summed E-state index contributed by atoms with van der Waals surface area (Å²) in [5.74, 6) is 0. The smallest absolute Gasteiger partial charge is 0.449 e. The minimum Gasteiger partial charge on any atom is -0.449 e. The maximum Gasteiger partial charge on any atom is 0.479 e. The van der Waals surface area contributed by atoms with E-state index in [2.05, 4.69) is 0 Å². The summed E-state index contributed by atoms with van der Waals surface area (Å²) in [6.07, 6.45) is -0.833. The van der Waals surface area contributed by atoms with E-state index >= 15 is 0 Å². The topological polar surface area (TPSA) is 26.0 Å². The molecule has 0 heterocycles. The van der Waals surface area contributed by atoms with E-state index in [1.54, 1.807) is 0 Å². The standard InChI is InChI=1S/C3H8BF3N/c1-3(8)2-4(5,6)7/h3H,2,8H2,1H3/q-1. The van der Waals surface area contributed by atoms with E-state index in [0.717, 1.165) is 0 Å². The van der Waals surface area contributed by atoms with Crippen molar-refractivity contribution in [2.45, 2.75) is 19.3 Å². The fourth-order valence-electron chi connectivity index (χ4n) is 0.422. The van der Waals surface area contributed by atoms with Gasteiger partial charge < -0.3 is 18.7 Å². The Morgan fingerprint density at radius 3 is 1.88 bits per heavy atom. The van der Waals surface area contributed by atoms with Crippen LogP contribution in [0.4, 0.5) is 12.9 Å². The monoisotopic (exact) mass is 126 g/mol. The molecule has 0 saturated heterocycles. The largest absolute Gasteiger partial charge is 0.479 e. The molecule has 0 fully saturated rings. The number of hydrogen-bond acceptors (Lipinski definition) is 1. The predicted octanol–water partition coefficient (Wildman–Crippen LogP) is 1.18. The molecule has 0 radical (unpaired) electrons. The Morgan fingerprint density at radius 1 is 1.50 bits per heavy atom. The summed E-state index contributed by atoms with van der Waals surface area (Å²) in [6.45, 7) is -3.32. The molecule has 0 aromatic rings. The van der Waals surface area contributed by atoms with E-state index in [1.165, 1.54) is 6.92 Å². The summed E-state index contributed by atoms with van der Waals surface area (Å²) in [7, 11) is 0. The fourth-order valence-corrected chi connectivity index (χ4v) is 0.422. The van der Waals surface area contributed by atoms with Crippen molar-refractivity contribution in [1.82, 2.24) is 0 Å². The predicted molar refractivity (Wildman–Crippen MR) is 27.5 cm³/mol. The molecule has 0 spiro atoms. The van der Waals surface area contributed by atoms with Gasteiger partial charge in [-0.25, -0.2) is 0 Å². The van der Waals surface area contributed by atoms with E-state index in [0.29, 0.717) is 0 Å². The second-order valence-corrected chi connectivity index (χ2v) is 1.92. The first kappa shape index (κ1) is 7.81. The van der Waals surface area contributed by atoms with Crippen molar-refractivity contribution in [2.75, 3.05) is 0 Å². The van der Waals surface area contributed by atoms with Crippen LogP contribution in [0.2, 0.25) is 6.32 Å². The summed E-state index contributed by atoms with van der Waals surface area (Å²) in [4.78, 5) is 0. The molecule has 0 aliphatic heterocycles. The third-order valence-corrected chi connectivity index (χ3v) is 0.639. The van der Waals surface area contributed by atoms with Gasteiger partial charge in [0.15, 0.2) is 0 Å². The summed E-state index contributed by atoms with van der Waals surface area (Å²) < 4.78 is 33.9. The lowest BCUT2D eigenvalue weighted by Crippen LogP contribution is -2.27. The first-order chi connectivity index (χ1) is 3.42. The van der Waals surface area contributed by atoms with Gasteiger partial charge in [-0.2, -0.15) is 0 Å². The van der Waals surface area contributed by atoms with Gasteiger partial charge in [-0.1, -0.05) is 13.2 Å². The highest BCUT2D eigenvalue weighted by molar-refractivity contribution is 6.58. The molecular formula is C3H8BF3N-. The minimum absolute atomic E-state index is 0.755. The molecule has 2 N–H and O–H groups in total. The van der Waals surface area contributed by atoms with Crippen molar-refractivity contribution in [3.8, 4) is 0 Å². The minimum atomic E-state index is -4.66. The molecule has 5 heteroatoms. The molecule has 1 atom stereocenters. The summed E-state index contributed by atoms with van der Waals surface area (Å²) >= 11 is 0. The van der Waals surface area contributed by atoms with Crippen LogP contribution in [0.5, 0.6) is 0 Å². The van der Waals surface area contributed by atoms with E-state index in [4.69, 9.17) is 5.73 Å². The molecule has 8 heavy (non-hydrogen) atoms. The highest BCUT2D eigenvalue weighted by atomic mass is 19.4. The van der Waals surface area contributed by atoms with Gasteiger partial charge in [0.05, 0.1) is 0 Å². The van der Waals surface area contributed by atoms with Crippen LogP contribution < -0.4 is 5.73 Å². The molecule has 0 saturated carbocycles. The molecule has 50 valence electrons. The van der Waals surface area contributed by atoms with Gasteiger partial charge >= 0.3 is 6.98 Å². The van der Waals surface area contributed by atoms with Gasteiger partial charge in [0, 0.05) is 0 Å². The lowest BCUT2D eigenvalue weighted by Gasteiger charge is -2.14. The van der Waals surface area contributed by atoms with E-state index in [9.17, 15) is 12.9 Å². The van der Waals surface area contributed by atoms with E-state index < -0.39 is 19.3 Å². The normalized spacial score (nSPS) is 16.1. The van der Waals surface area contributed by atoms with Crippen LogP contribution in [-0.4, -0.2) is 13.0 Å². The fraction of sp³-hybridized carbons (Fsp3) is 1.00. The maximum atomic E-state index is 11.3. The Labute approximate surface area is 46.1 Å². The average Bonchev–Trinajstić information content (AvgIpc) is 1.21. The molecule has 0 aromatic heterocycles. The second-order valence-electron chi connectivity index (χ2n) is 1.92. The quantitative estimate of drug-likeness (QED) is 0.552. The SMILES string of the molecule is CC(N)C[B-](F)(F)F. The highest BCUT2D eigenvalue weighted by Gasteiger charge is 2.23. The van der Waals surface area contributed by atoms with Gasteiger partial charge in [-0.15, -0.1) is 0 Å². The lowest BCUT2D eigenvalue weighted by molar-refractivity contribution is 0.458. The summed E-state index contributed by atoms with van der Waals surface area (Å²) in [5.41, 5.74) is 4.87. The Morgan fingerprint density at radius 2 is 1.88 bits per heavy atom. The average molecular weight is 126 g/mol. The molecule has 0 bridgehead atoms. The Bertz CT molecular complexity index is 69.4. The number of rotatable bonds is 2. The van der Waals surface area contributed by atoms with Crippen LogP contribution >= 0.6 is 0 Å². The zero-order valence-corrected chi connectivity index (χ0v) is 4.57. The van der Waals surface area contributed by atoms with Gasteiger partial charge in [-0.05, 0) is 6.04 Å². The number of halogens is 3. The Hall–Kier alpha value is -0.185. The van der Waals surface area contributed by atoms with Crippen molar-refractivity contribution in [2.24, 2.45) is 5.73 Å². The van der Waals surface area contributed by atoms with Gasteiger partial charge in [0.1, 0.15) is 0 Å². The van der Waals surface area contributed by atoms with Crippen LogP contribution in [-0.2, 0) is 0 Å². The van der Waals surface area contributed by atoms with Crippen LogP contribution in [0, 0.1) is 0 Å². The van der Waals surface area contributed by atoms with Crippen molar-refractivity contribution in [1.29, 1.82) is 0 Å².